The first-order valence-corrected chi connectivity index (χ1v) is 10.8. The fourth-order valence-corrected chi connectivity index (χ4v) is 3.83. The van der Waals surface area contributed by atoms with Gasteiger partial charge in [-0.1, -0.05) is 11.6 Å². The topological polar surface area (TPSA) is 128 Å². The van der Waals surface area contributed by atoms with E-state index in [1.807, 2.05) is 13.0 Å². The maximum atomic E-state index is 15.0. The van der Waals surface area contributed by atoms with E-state index in [0.29, 0.717) is 35.1 Å². The van der Waals surface area contributed by atoms with Crippen molar-refractivity contribution in [2.75, 3.05) is 19.0 Å². The van der Waals surface area contributed by atoms with Crippen molar-refractivity contribution in [2.24, 2.45) is 0 Å². The van der Waals surface area contributed by atoms with E-state index in [9.17, 15) is 9.18 Å². The molecule has 1 saturated heterocycles. The van der Waals surface area contributed by atoms with E-state index in [-0.39, 0.29) is 17.3 Å². The second kappa shape index (κ2) is 8.43. The van der Waals surface area contributed by atoms with Crippen molar-refractivity contribution in [3.8, 4) is 0 Å². The van der Waals surface area contributed by atoms with Gasteiger partial charge in [0.25, 0.3) is 0 Å². The minimum Gasteiger partial charge on any atom is -0.441 e. The van der Waals surface area contributed by atoms with E-state index >= 15 is 0 Å². The van der Waals surface area contributed by atoms with Crippen LogP contribution in [-0.4, -0.2) is 62.4 Å². The van der Waals surface area contributed by atoms with Crippen LogP contribution in [0.25, 0.3) is 5.52 Å². The average Bonchev–Trinajstić information content (AvgIpc) is 3.11. The van der Waals surface area contributed by atoms with E-state index in [1.54, 1.807) is 23.9 Å². The molecule has 5 rings (SSSR count). The van der Waals surface area contributed by atoms with Gasteiger partial charge in [0.15, 0.2) is 23.9 Å². The van der Waals surface area contributed by atoms with Crippen LogP contribution >= 0.6 is 11.6 Å². The lowest BCUT2D eigenvalue weighted by Crippen LogP contribution is -2.39. The largest absolute Gasteiger partial charge is 0.441 e. The number of ether oxygens (including phenoxy) is 3. The van der Waals surface area contributed by atoms with Gasteiger partial charge in [-0.2, -0.15) is 10.2 Å². The minimum atomic E-state index is -1.54. The maximum absolute atomic E-state index is 15.0. The first-order chi connectivity index (χ1) is 15.8. The van der Waals surface area contributed by atoms with Crippen LogP contribution in [0.15, 0.2) is 18.3 Å². The summed E-state index contributed by atoms with van der Waals surface area (Å²) in [5.41, 5.74) is 1.53. The van der Waals surface area contributed by atoms with Crippen LogP contribution in [-0.2, 0) is 20.8 Å². The Balaban J connectivity index is 1.27. The van der Waals surface area contributed by atoms with Crippen LogP contribution in [0, 0.1) is 0 Å². The summed E-state index contributed by atoms with van der Waals surface area (Å²) in [5, 5.41) is 17.4. The van der Waals surface area contributed by atoms with Gasteiger partial charge in [0, 0.05) is 18.7 Å². The number of aromatic amines is 1. The summed E-state index contributed by atoms with van der Waals surface area (Å²) in [7, 11) is 1.58. The van der Waals surface area contributed by atoms with Crippen LogP contribution in [0.2, 0.25) is 5.15 Å². The third kappa shape index (κ3) is 4.59. The maximum Gasteiger partial charge on any atom is 0.408 e. The molecular formula is C20H23ClFN7O4. The number of hydrogen-bond donors (Lipinski definition) is 3. The number of halogens is 2. The smallest absolute Gasteiger partial charge is 0.408 e. The molecule has 1 amide bonds. The van der Waals surface area contributed by atoms with Crippen molar-refractivity contribution < 1.29 is 23.4 Å². The van der Waals surface area contributed by atoms with Crippen LogP contribution < -0.4 is 10.6 Å². The van der Waals surface area contributed by atoms with Gasteiger partial charge in [0.1, 0.15) is 16.8 Å². The van der Waals surface area contributed by atoms with Crippen molar-refractivity contribution in [3.05, 3.63) is 34.9 Å². The molecule has 11 nitrogen and oxygen atoms in total. The number of methoxy groups -OCH3 is 1. The molecule has 4 heterocycles. The number of fused-ring (bicyclic) bond motifs is 1. The SMILES string of the molecule is COCc1cc2c(Nc3cc([C@H]4OC[C@@H](OC(=O)NC5(C)CC5)[C@@H]4F)[nH]n3)nc(Cl)cn2n1. The zero-order chi connectivity index (χ0) is 23.2. The summed E-state index contributed by atoms with van der Waals surface area (Å²) in [5.74, 6) is 0.807. The molecule has 1 aliphatic heterocycles. The Labute approximate surface area is 192 Å². The molecule has 176 valence electrons. The van der Waals surface area contributed by atoms with E-state index < -0.39 is 24.5 Å². The fourth-order valence-electron chi connectivity index (χ4n) is 3.66. The highest BCUT2D eigenvalue weighted by atomic mass is 35.5. The number of rotatable bonds is 7. The lowest BCUT2D eigenvalue weighted by atomic mass is 10.1. The number of carbonyl (C=O) groups excluding carboxylic acids is 1. The molecule has 1 saturated carbocycles. The summed E-state index contributed by atoms with van der Waals surface area (Å²) < 4.78 is 32.5. The quantitative estimate of drug-likeness (QED) is 0.471. The van der Waals surface area contributed by atoms with Crippen molar-refractivity contribution in [3.63, 3.8) is 0 Å². The van der Waals surface area contributed by atoms with Crippen LogP contribution in [0.3, 0.4) is 0 Å². The summed E-state index contributed by atoms with van der Waals surface area (Å²) >= 11 is 6.12. The summed E-state index contributed by atoms with van der Waals surface area (Å²) in [6.45, 7) is 2.20. The minimum absolute atomic E-state index is 0.0493. The molecule has 0 aromatic carbocycles. The highest BCUT2D eigenvalue weighted by Crippen LogP contribution is 2.36. The van der Waals surface area contributed by atoms with Crippen LogP contribution in [0.4, 0.5) is 20.8 Å². The van der Waals surface area contributed by atoms with Gasteiger partial charge in [0.2, 0.25) is 0 Å². The summed E-state index contributed by atoms with van der Waals surface area (Å²) in [6.07, 6.45) is -0.778. The first kappa shape index (κ1) is 21.9. The molecule has 2 aliphatic rings. The Morgan fingerprint density at radius 3 is 3.03 bits per heavy atom. The number of aromatic nitrogens is 5. The highest BCUT2D eigenvalue weighted by Gasteiger charge is 2.44. The van der Waals surface area contributed by atoms with E-state index in [2.05, 4.69) is 30.9 Å². The third-order valence-corrected chi connectivity index (χ3v) is 5.85. The van der Waals surface area contributed by atoms with Crippen molar-refractivity contribution in [2.45, 2.75) is 50.3 Å². The Morgan fingerprint density at radius 1 is 1.45 bits per heavy atom. The van der Waals surface area contributed by atoms with E-state index in [1.165, 1.54) is 0 Å². The number of amides is 1. The van der Waals surface area contributed by atoms with Gasteiger partial charge < -0.3 is 24.8 Å². The van der Waals surface area contributed by atoms with Gasteiger partial charge in [0.05, 0.1) is 30.8 Å². The molecule has 0 unspecified atom stereocenters. The second-order valence-corrected chi connectivity index (χ2v) is 8.86. The van der Waals surface area contributed by atoms with Gasteiger partial charge in [-0.05, 0) is 25.8 Å². The fraction of sp³-hybridized carbons (Fsp3) is 0.500. The van der Waals surface area contributed by atoms with E-state index in [0.717, 1.165) is 12.8 Å². The molecule has 2 fully saturated rings. The molecule has 1 aliphatic carbocycles. The molecular weight excluding hydrogens is 457 g/mol. The Morgan fingerprint density at radius 2 is 2.27 bits per heavy atom. The number of nitrogens with zero attached hydrogens (tertiary/aromatic N) is 4. The first-order valence-electron chi connectivity index (χ1n) is 10.4. The number of H-pyrrole nitrogens is 1. The molecule has 0 spiro atoms. The number of nitrogens with one attached hydrogen (secondary N) is 3. The molecule has 33 heavy (non-hydrogen) atoms. The molecule has 0 bridgehead atoms. The van der Waals surface area contributed by atoms with Gasteiger partial charge in [-0.15, -0.1) is 0 Å². The molecule has 3 N–H and O–H groups in total. The third-order valence-electron chi connectivity index (χ3n) is 5.67. The van der Waals surface area contributed by atoms with Gasteiger partial charge in [-0.3, -0.25) is 5.10 Å². The molecule has 0 radical (unpaired) electrons. The average molecular weight is 480 g/mol. The number of hydrogen-bond acceptors (Lipinski definition) is 8. The number of anilines is 2. The predicted octanol–water partition coefficient (Wildman–Crippen LogP) is 3.05. The Hall–Kier alpha value is -2.96. The summed E-state index contributed by atoms with van der Waals surface area (Å²) in [6, 6.07) is 3.42. The predicted molar refractivity (Wildman–Crippen MR) is 115 cm³/mol. The van der Waals surface area contributed by atoms with Gasteiger partial charge in [-0.25, -0.2) is 18.7 Å². The zero-order valence-corrected chi connectivity index (χ0v) is 18.7. The number of carbonyl (C=O) groups is 1. The summed E-state index contributed by atoms with van der Waals surface area (Å²) in [4.78, 5) is 16.3. The number of alkyl halides is 1. The Bertz CT molecular complexity index is 1180. The zero-order valence-electron chi connectivity index (χ0n) is 18.0. The van der Waals surface area contributed by atoms with Crippen molar-refractivity contribution in [1.82, 2.24) is 30.1 Å². The lowest BCUT2D eigenvalue weighted by molar-refractivity contribution is 0.0604. The van der Waals surface area contributed by atoms with E-state index in [4.69, 9.17) is 25.8 Å². The molecule has 3 aromatic rings. The molecule has 3 atom stereocenters. The lowest BCUT2D eigenvalue weighted by Gasteiger charge is -2.17. The number of alkyl carbamates (subject to hydrolysis) is 1. The van der Waals surface area contributed by atoms with Crippen molar-refractivity contribution >= 4 is 34.8 Å². The molecule has 3 aromatic heterocycles. The van der Waals surface area contributed by atoms with Crippen LogP contribution in [0.5, 0.6) is 0 Å². The van der Waals surface area contributed by atoms with Crippen molar-refractivity contribution in [1.29, 1.82) is 0 Å². The second-order valence-electron chi connectivity index (χ2n) is 8.47. The highest BCUT2D eigenvalue weighted by molar-refractivity contribution is 6.29. The monoisotopic (exact) mass is 479 g/mol. The Kier molecular flexibility index (Phi) is 5.59. The van der Waals surface area contributed by atoms with Gasteiger partial charge >= 0.3 is 6.09 Å². The van der Waals surface area contributed by atoms with Crippen LogP contribution in [0.1, 0.15) is 37.3 Å². The molecule has 13 heteroatoms. The standard InChI is InChI=1S/C20H23ClFN7O4/c1-20(3-4-20)25-19(30)33-13-9-32-17(16(13)22)11-6-15(27-26-11)24-18-12-5-10(8-31-2)28-29(12)7-14(21)23-18/h5-7,13,16-17H,3-4,8-9H2,1-2H3,(H,25,30)(H2,23,24,26,27)/t13-,16+,17-/m1/s1. The normalized spacial score (nSPS) is 23.6.